The van der Waals surface area contributed by atoms with E-state index in [-0.39, 0.29) is 42.7 Å². The van der Waals surface area contributed by atoms with Crippen molar-refractivity contribution < 1.29 is 31.3 Å². The Bertz CT molecular complexity index is 1110. The summed E-state index contributed by atoms with van der Waals surface area (Å²) in [6.07, 6.45) is -4.56. The summed E-state index contributed by atoms with van der Waals surface area (Å²) in [5.74, 6) is -0.358. The van der Waals surface area contributed by atoms with Crippen molar-refractivity contribution in [1.29, 1.82) is 0 Å². The minimum absolute atomic E-state index is 0.0680. The van der Waals surface area contributed by atoms with Gasteiger partial charge in [0.1, 0.15) is 0 Å². The Labute approximate surface area is 188 Å². The molecule has 0 radical (unpaired) electrons. The van der Waals surface area contributed by atoms with E-state index in [0.29, 0.717) is 5.69 Å². The highest BCUT2D eigenvalue weighted by molar-refractivity contribution is 7.89. The number of hydrogen-bond acceptors (Lipinski definition) is 6. The molecule has 1 unspecified atom stereocenters. The van der Waals surface area contributed by atoms with Gasteiger partial charge in [-0.2, -0.15) is 17.5 Å². The molecule has 178 valence electrons. The highest BCUT2D eigenvalue weighted by Crippen LogP contribution is 2.30. The van der Waals surface area contributed by atoms with Crippen LogP contribution >= 0.6 is 0 Å². The van der Waals surface area contributed by atoms with Gasteiger partial charge in [0.25, 0.3) is 5.69 Å². The minimum Gasteiger partial charge on any atom is -0.325 e. The molecule has 0 bridgehead atoms. The number of anilines is 1. The first-order valence-electron chi connectivity index (χ1n) is 9.86. The molecule has 0 aromatic heterocycles. The maximum absolute atomic E-state index is 12.8. The number of sulfonamides is 1. The van der Waals surface area contributed by atoms with E-state index in [4.69, 9.17) is 0 Å². The number of halogens is 3. The Morgan fingerprint density at radius 2 is 1.58 bits per heavy atom. The van der Waals surface area contributed by atoms with Gasteiger partial charge in [0.05, 0.1) is 21.4 Å². The number of nitrogens with one attached hydrogen (secondary N) is 1. The lowest BCUT2D eigenvalue weighted by Gasteiger charge is -2.36. The van der Waals surface area contributed by atoms with Crippen LogP contribution in [-0.2, 0) is 21.0 Å². The quantitative estimate of drug-likeness (QED) is 0.496. The first-order valence-corrected chi connectivity index (χ1v) is 11.3. The van der Waals surface area contributed by atoms with Crippen LogP contribution in [0.3, 0.4) is 0 Å². The number of carbonyl (C=O) groups is 1. The van der Waals surface area contributed by atoms with Crippen LogP contribution in [0, 0.1) is 10.1 Å². The van der Waals surface area contributed by atoms with Crippen molar-refractivity contribution in [3.63, 3.8) is 0 Å². The summed E-state index contributed by atoms with van der Waals surface area (Å²) >= 11 is 0. The number of benzene rings is 2. The zero-order chi connectivity index (χ0) is 24.4. The maximum Gasteiger partial charge on any atom is 0.416 e. The van der Waals surface area contributed by atoms with Gasteiger partial charge in [-0.1, -0.05) is 0 Å². The van der Waals surface area contributed by atoms with Crippen LogP contribution in [0.15, 0.2) is 53.4 Å². The van der Waals surface area contributed by atoms with Crippen molar-refractivity contribution in [1.82, 2.24) is 9.21 Å². The van der Waals surface area contributed by atoms with Crippen molar-refractivity contribution in [2.75, 3.05) is 31.5 Å². The highest BCUT2D eigenvalue weighted by Gasteiger charge is 2.34. The molecule has 0 spiro atoms. The van der Waals surface area contributed by atoms with Crippen molar-refractivity contribution >= 4 is 27.3 Å². The van der Waals surface area contributed by atoms with Crippen molar-refractivity contribution in [2.24, 2.45) is 0 Å². The summed E-state index contributed by atoms with van der Waals surface area (Å²) in [5.41, 5.74) is -0.647. The van der Waals surface area contributed by atoms with E-state index in [1.54, 1.807) is 11.8 Å². The average molecular weight is 486 g/mol. The fraction of sp³-hybridized carbons (Fsp3) is 0.350. The van der Waals surface area contributed by atoms with Gasteiger partial charge in [-0.15, -0.1) is 0 Å². The Morgan fingerprint density at radius 1 is 1.03 bits per heavy atom. The van der Waals surface area contributed by atoms with Gasteiger partial charge in [0.15, 0.2) is 0 Å². The molecule has 13 heteroatoms. The second-order valence-corrected chi connectivity index (χ2v) is 9.37. The van der Waals surface area contributed by atoms with Crippen LogP contribution in [-0.4, -0.2) is 60.7 Å². The summed E-state index contributed by atoms with van der Waals surface area (Å²) < 4.78 is 64.9. The fourth-order valence-corrected chi connectivity index (χ4v) is 4.80. The van der Waals surface area contributed by atoms with Crippen LogP contribution in [0.25, 0.3) is 0 Å². The standard InChI is InChI=1S/C20H21F3N4O5S/c1-14(19(28)24-16-4-6-17(7-5-16)27(29)30)25-10-12-26(13-11-25)33(31,32)18-8-2-15(3-9-18)20(21,22)23/h2-9,14H,10-13H2,1H3,(H,24,28). The van der Waals surface area contributed by atoms with Crippen molar-refractivity contribution in [3.8, 4) is 0 Å². The number of nitro benzene ring substituents is 1. The third kappa shape index (κ3) is 5.67. The summed E-state index contributed by atoms with van der Waals surface area (Å²) in [4.78, 5) is 24.2. The zero-order valence-corrected chi connectivity index (χ0v) is 18.3. The third-order valence-electron chi connectivity index (χ3n) is 5.37. The molecular weight excluding hydrogens is 465 g/mol. The van der Waals surface area contributed by atoms with Crippen LogP contribution < -0.4 is 5.32 Å². The van der Waals surface area contributed by atoms with Gasteiger partial charge >= 0.3 is 6.18 Å². The Balaban J connectivity index is 1.59. The number of amides is 1. The number of hydrogen-bond donors (Lipinski definition) is 1. The summed E-state index contributed by atoms with van der Waals surface area (Å²) in [7, 11) is -3.97. The number of nitro groups is 1. The normalized spacial score (nSPS) is 16.8. The molecule has 1 aliphatic heterocycles. The number of non-ortho nitro benzene ring substituents is 1. The summed E-state index contributed by atoms with van der Waals surface area (Å²) in [6.45, 7) is 2.28. The maximum atomic E-state index is 12.8. The smallest absolute Gasteiger partial charge is 0.325 e. The first kappa shape index (κ1) is 24.6. The number of piperazine rings is 1. The van der Waals surface area contributed by atoms with Gasteiger partial charge < -0.3 is 5.32 Å². The van der Waals surface area contributed by atoms with Gasteiger partial charge in [0, 0.05) is 44.0 Å². The van der Waals surface area contributed by atoms with E-state index >= 15 is 0 Å². The topological polar surface area (TPSA) is 113 Å². The molecule has 2 aromatic carbocycles. The predicted octanol–water partition coefficient (Wildman–Crippen LogP) is 2.95. The molecule has 0 aliphatic carbocycles. The molecule has 1 saturated heterocycles. The second kappa shape index (κ2) is 9.45. The largest absolute Gasteiger partial charge is 0.416 e. The Morgan fingerprint density at radius 3 is 2.06 bits per heavy atom. The van der Waals surface area contributed by atoms with Crippen LogP contribution in [0.5, 0.6) is 0 Å². The average Bonchev–Trinajstić information content (AvgIpc) is 2.78. The van der Waals surface area contributed by atoms with Crippen LogP contribution in [0.4, 0.5) is 24.5 Å². The monoisotopic (exact) mass is 486 g/mol. The zero-order valence-electron chi connectivity index (χ0n) is 17.4. The van der Waals surface area contributed by atoms with E-state index in [1.165, 1.54) is 28.6 Å². The lowest BCUT2D eigenvalue weighted by atomic mass is 10.2. The molecular formula is C20H21F3N4O5S. The molecule has 1 amide bonds. The summed E-state index contributed by atoms with van der Waals surface area (Å²) in [6, 6.07) is 8.10. The number of nitrogens with zero attached hydrogens (tertiary/aromatic N) is 3. The van der Waals surface area contributed by atoms with Gasteiger partial charge in [-0.05, 0) is 43.3 Å². The lowest BCUT2D eigenvalue weighted by molar-refractivity contribution is -0.384. The molecule has 0 saturated carbocycles. The molecule has 1 N–H and O–H groups in total. The fourth-order valence-electron chi connectivity index (χ4n) is 3.38. The Hall–Kier alpha value is -3.03. The molecule has 1 aliphatic rings. The van der Waals surface area contributed by atoms with E-state index in [2.05, 4.69) is 5.32 Å². The van der Waals surface area contributed by atoms with Gasteiger partial charge in [-0.25, -0.2) is 8.42 Å². The van der Waals surface area contributed by atoms with E-state index < -0.39 is 32.7 Å². The van der Waals surface area contributed by atoms with Crippen molar-refractivity contribution in [2.45, 2.75) is 24.0 Å². The molecule has 1 atom stereocenters. The van der Waals surface area contributed by atoms with Crippen molar-refractivity contribution in [3.05, 3.63) is 64.2 Å². The highest BCUT2D eigenvalue weighted by atomic mass is 32.2. The molecule has 3 rings (SSSR count). The summed E-state index contributed by atoms with van der Waals surface area (Å²) in [5, 5.41) is 13.4. The third-order valence-corrected chi connectivity index (χ3v) is 7.28. The van der Waals surface area contributed by atoms with Crippen LogP contribution in [0.2, 0.25) is 0 Å². The van der Waals surface area contributed by atoms with E-state index in [1.807, 2.05) is 0 Å². The Kier molecular flexibility index (Phi) is 7.05. The number of rotatable bonds is 6. The molecule has 1 heterocycles. The molecule has 9 nitrogen and oxygen atoms in total. The number of carbonyl (C=O) groups excluding carboxylic acids is 1. The van der Waals surface area contributed by atoms with Gasteiger partial charge in [-0.3, -0.25) is 19.8 Å². The lowest BCUT2D eigenvalue weighted by Crippen LogP contribution is -2.53. The predicted molar refractivity (Wildman–Crippen MR) is 113 cm³/mol. The number of alkyl halides is 3. The molecule has 2 aromatic rings. The van der Waals surface area contributed by atoms with Crippen LogP contribution in [0.1, 0.15) is 12.5 Å². The second-order valence-electron chi connectivity index (χ2n) is 7.43. The van der Waals surface area contributed by atoms with Gasteiger partial charge in [0.2, 0.25) is 15.9 Å². The molecule has 33 heavy (non-hydrogen) atoms. The first-order chi connectivity index (χ1) is 15.4. The SMILES string of the molecule is CC(C(=O)Nc1ccc([N+](=O)[O-])cc1)N1CCN(S(=O)(=O)c2ccc(C(F)(F)F)cc2)CC1. The molecule has 1 fully saturated rings. The minimum atomic E-state index is -4.56. The van der Waals surface area contributed by atoms with E-state index in [0.717, 1.165) is 24.3 Å². The van der Waals surface area contributed by atoms with E-state index in [9.17, 15) is 36.5 Å².